The van der Waals surface area contributed by atoms with Crippen molar-refractivity contribution in [1.29, 1.82) is 0 Å². The lowest BCUT2D eigenvalue weighted by molar-refractivity contribution is -0.144. The van der Waals surface area contributed by atoms with Gasteiger partial charge in [-0.15, -0.1) is 11.6 Å². The Morgan fingerprint density at radius 2 is 1.56 bits per heavy atom. The second kappa shape index (κ2) is 14.6. The van der Waals surface area contributed by atoms with E-state index in [-0.39, 0.29) is 18.8 Å². The third-order valence-electron chi connectivity index (χ3n) is 3.90. The first kappa shape index (κ1) is 23.6. The number of halogens is 2. The summed E-state index contributed by atoms with van der Waals surface area (Å²) in [6.45, 7) is 0.431. The van der Waals surface area contributed by atoms with E-state index >= 15 is 0 Å². The maximum absolute atomic E-state index is 11.9. The van der Waals surface area contributed by atoms with Gasteiger partial charge >= 0.3 is 11.9 Å². The van der Waals surface area contributed by atoms with E-state index in [1.54, 1.807) is 18.2 Å². The molecule has 0 radical (unpaired) electrons. The van der Waals surface area contributed by atoms with Gasteiger partial charge in [-0.05, 0) is 31.4 Å². The number of alkyl halides is 1. The Labute approximate surface area is 171 Å². The number of hydrogen-bond acceptors (Lipinski definition) is 5. The number of carbonyl (C=O) groups excluding carboxylic acids is 2. The highest BCUT2D eigenvalue weighted by molar-refractivity contribution is 6.30. The van der Waals surface area contributed by atoms with Crippen LogP contribution in [0.5, 0.6) is 11.5 Å². The van der Waals surface area contributed by atoms with E-state index in [9.17, 15) is 9.59 Å². The zero-order valence-corrected chi connectivity index (χ0v) is 17.3. The van der Waals surface area contributed by atoms with Crippen molar-refractivity contribution in [2.45, 2.75) is 57.8 Å². The Morgan fingerprint density at radius 1 is 0.889 bits per heavy atom. The highest BCUT2D eigenvalue weighted by atomic mass is 35.5. The molecular formula is C20H28Cl2O5. The van der Waals surface area contributed by atoms with Crippen molar-refractivity contribution in [2.24, 2.45) is 0 Å². The first-order chi connectivity index (χ1) is 13.1. The van der Waals surface area contributed by atoms with Crippen molar-refractivity contribution >= 4 is 35.1 Å². The average molecular weight is 419 g/mol. The van der Waals surface area contributed by atoms with Gasteiger partial charge in [0.15, 0.2) is 11.5 Å². The molecule has 0 aromatic heterocycles. The SMILES string of the molecule is COc1cc(Cl)ccc1OC(=O)CCCC(=O)OCCCCCCCCCl. The molecule has 5 nitrogen and oxygen atoms in total. The van der Waals surface area contributed by atoms with E-state index in [1.165, 1.54) is 13.5 Å². The van der Waals surface area contributed by atoms with E-state index in [0.717, 1.165) is 38.0 Å². The number of hydrogen-bond donors (Lipinski definition) is 0. The Hall–Kier alpha value is -1.46. The van der Waals surface area contributed by atoms with E-state index in [4.69, 9.17) is 37.4 Å². The molecule has 0 aliphatic carbocycles. The fraction of sp³-hybridized carbons (Fsp3) is 0.600. The predicted molar refractivity (Wildman–Crippen MR) is 107 cm³/mol. The Bertz CT molecular complexity index is 577. The van der Waals surface area contributed by atoms with Crippen LogP contribution >= 0.6 is 23.2 Å². The lowest BCUT2D eigenvalue weighted by Gasteiger charge is -2.09. The summed E-state index contributed by atoms with van der Waals surface area (Å²) in [5.41, 5.74) is 0. The van der Waals surface area contributed by atoms with Crippen LogP contribution in [-0.2, 0) is 14.3 Å². The second-order valence-electron chi connectivity index (χ2n) is 6.15. The largest absolute Gasteiger partial charge is 0.493 e. The molecule has 1 aromatic rings. The quantitative estimate of drug-likeness (QED) is 0.171. The average Bonchev–Trinajstić information content (AvgIpc) is 2.65. The minimum absolute atomic E-state index is 0.126. The van der Waals surface area contributed by atoms with Gasteiger partial charge in [0.1, 0.15) is 0 Å². The molecule has 0 atom stereocenters. The van der Waals surface area contributed by atoms with Crippen molar-refractivity contribution < 1.29 is 23.8 Å². The van der Waals surface area contributed by atoms with Gasteiger partial charge in [0, 0.05) is 29.8 Å². The molecule has 152 valence electrons. The van der Waals surface area contributed by atoms with Gasteiger partial charge < -0.3 is 14.2 Å². The van der Waals surface area contributed by atoms with Crippen LogP contribution in [0.3, 0.4) is 0 Å². The second-order valence-corrected chi connectivity index (χ2v) is 6.97. The van der Waals surface area contributed by atoms with Crippen LogP contribution in [0, 0.1) is 0 Å². The summed E-state index contributed by atoms with van der Waals surface area (Å²) in [4.78, 5) is 23.6. The van der Waals surface area contributed by atoms with Gasteiger partial charge in [0.05, 0.1) is 13.7 Å². The molecule has 0 heterocycles. The molecule has 0 amide bonds. The number of methoxy groups -OCH3 is 1. The minimum atomic E-state index is -0.430. The molecule has 1 rings (SSSR count). The number of carbonyl (C=O) groups is 2. The molecule has 0 aliphatic heterocycles. The van der Waals surface area contributed by atoms with Crippen LogP contribution < -0.4 is 9.47 Å². The van der Waals surface area contributed by atoms with Crippen molar-refractivity contribution in [3.8, 4) is 11.5 Å². The van der Waals surface area contributed by atoms with Crippen molar-refractivity contribution in [2.75, 3.05) is 19.6 Å². The van der Waals surface area contributed by atoms with E-state index in [0.29, 0.717) is 29.5 Å². The molecule has 0 bridgehead atoms. The van der Waals surface area contributed by atoms with Crippen LogP contribution in [0.25, 0.3) is 0 Å². The van der Waals surface area contributed by atoms with Crippen molar-refractivity contribution in [1.82, 2.24) is 0 Å². The van der Waals surface area contributed by atoms with Gasteiger partial charge in [-0.1, -0.05) is 37.3 Å². The maximum atomic E-state index is 11.9. The van der Waals surface area contributed by atoms with Gasteiger partial charge in [0.25, 0.3) is 0 Å². The third kappa shape index (κ3) is 11.1. The molecule has 0 unspecified atom stereocenters. The molecule has 0 fully saturated rings. The molecule has 0 saturated heterocycles. The van der Waals surface area contributed by atoms with Crippen molar-refractivity contribution in [3.05, 3.63) is 23.2 Å². The smallest absolute Gasteiger partial charge is 0.311 e. The van der Waals surface area contributed by atoms with Gasteiger partial charge in [0.2, 0.25) is 0 Å². The minimum Gasteiger partial charge on any atom is -0.493 e. The molecule has 0 N–H and O–H groups in total. The number of esters is 2. The summed E-state index contributed by atoms with van der Waals surface area (Å²) < 4.78 is 15.5. The monoisotopic (exact) mass is 418 g/mol. The number of benzene rings is 1. The topological polar surface area (TPSA) is 61.8 Å². The van der Waals surface area contributed by atoms with Crippen LogP contribution in [0.1, 0.15) is 57.8 Å². The Balaban J connectivity index is 2.11. The Kier molecular flexibility index (Phi) is 12.7. The van der Waals surface area contributed by atoms with E-state index < -0.39 is 5.97 Å². The fourth-order valence-electron chi connectivity index (χ4n) is 2.44. The summed E-state index contributed by atoms with van der Waals surface area (Å²) in [6.07, 6.45) is 7.13. The molecular weight excluding hydrogens is 391 g/mol. The van der Waals surface area contributed by atoms with Gasteiger partial charge in [-0.25, -0.2) is 0 Å². The highest BCUT2D eigenvalue weighted by Crippen LogP contribution is 2.30. The molecule has 7 heteroatoms. The van der Waals surface area contributed by atoms with Crippen LogP contribution in [0.15, 0.2) is 18.2 Å². The van der Waals surface area contributed by atoms with Crippen LogP contribution in [0.4, 0.5) is 0 Å². The molecule has 1 aromatic carbocycles. The summed E-state index contributed by atoms with van der Waals surface area (Å²) in [6, 6.07) is 4.75. The normalized spacial score (nSPS) is 10.5. The standard InChI is InChI=1S/C20H28Cl2O5/c1-25-18-15-16(22)11-12-17(18)27-20(24)10-8-9-19(23)26-14-7-5-3-2-4-6-13-21/h11-12,15H,2-10,13-14H2,1H3. The fourth-order valence-corrected chi connectivity index (χ4v) is 2.79. The third-order valence-corrected chi connectivity index (χ3v) is 4.40. The van der Waals surface area contributed by atoms with Crippen LogP contribution in [-0.4, -0.2) is 31.5 Å². The predicted octanol–water partition coefficient (Wildman–Crippen LogP) is 5.55. The van der Waals surface area contributed by atoms with Gasteiger partial charge in [-0.2, -0.15) is 0 Å². The first-order valence-electron chi connectivity index (χ1n) is 9.32. The molecule has 0 aliphatic rings. The number of ether oxygens (including phenoxy) is 3. The Morgan fingerprint density at radius 3 is 2.26 bits per heavy atom. The van der Waals surface area contributed by atoms with E-state index in [2.05, 4.69) is 0 Å². The highest BCUT2D eigenvalue weighted by Gasteiger charge is 2.12. The first-order valence-corrected chi connectivity index (χ1v) is 10.2. The number of unbranched alkanes of at least 4 members (excludes halogenated alkanes) is 5. The lowest BCUT2D eigenvalue weighted by Crippen LogP contribution is -2.11. The van der Waals surface area contributed by atoms with E-state index in [1.807, 2.05) is 0 Å². The summed E-state index contributed by atoms with van der Waals surface area (Å²) in [7, 11) is 1.47. The number of rotatable bonds is 14. The van der Waals surface area contributed by atoms with Crippen molar-refractivity contribution in [3.63, 3.8) is 0 Å². The van der Waals surface area contributed by atoms with Crippen LogP contribution in [0.2, 0.25) is 5.02 Å². The zero-order chi connectivity index (χ0) is 19.9. The maximum Gasteiger partial charge on any atom is 0.311 e. The molecule has 0 spiro atoms. The molecule has 27 heavy (non-hydrogen) atoms. The zero-order valence-electron chi connectivity index (χ0n) is 15.8. The summed E-state index contributed by atoms with van der Waals surface area (Å²) >= 11 is 11.5. The van der Waals surface area contributed by atoms with Gasteiger partial charge in [-0.3, -0.25) is 9.59 Å². The summed E-state index contributed by atoms with van der Waals surface area (Å²) in [5, 5.41) is 0.490. The molecule has 0 saturated carbocycles. The summed E-state index contributed by atoms with van der Waals surface area (Å²) in [5.74, 6) is 0.700. The lowest BCUT2D eigenvalue weighted by atomic mass is 10.1.